The smallest absolute Gasteiger partial charge is 0.161 e. The van der Waals surface area contributed by atoms with Gasteiger partial charge in [0.2, 0.25) is 0 Å². The van der Waals surface area contributed by atoms with Crippen molar-refractivity contribution in [1.82, 2.24) is 0 Å². The van der Waals surface area contributed by atoms with Gasteiger partial charge >= 0.3 is 0 Å². The van der Waals surface area contributed by atoms with Crippen molar-refractivity contribution >= 4 is 0 Å². The summed E-state index contributed by atoms with van der Waals surface area (Å²) in [6.07, 6.45) is 21.3. The minimum Gasteiger partial charge on any atom is -0.490 e. The van der Waals surface area contributed by atoms with Crippen LogP contribution in [0.3, 0.4) is 0 Å². The number of para-hydroxylation sites is 2. The lowest BCUT2D eigenvalue weighted by Gasteiger charge is -2.12. The molecule has 0 aliphatic rings. The highest BCUT2D eigenvalue weighted by molar-refractivity contribution is 5.39. The first-order valence-electron chi connectivity index (χ1n) is 12.2. The van der Waals surface area contributed by atoms with Crippen LogP contribution in [0.15, 0.2) is 24.3 Å². The molecule has 0 aliphatic carbocycles. The van der Waals surface area contributed by atoms with E-state index in [1.807, 2.05) is 24.3 Å². The molecular weight excluding hydrogens is 344 g/mol. The zero-order valence-corrected chi connectivity index (χ0v) is 18.9. The van der Waals surface area contributed by atoms with Crippen LogP contribution in [0.1, 0.15) is 117 Å². The molecule has 0 aromatic heterocycles. The van der Waals surface area contributed by atoms with E-state index in [4.69, 9.17) is 9.47 Å². The SMILES string of the molecule is CCCCCCCCCCCCOc1ccccc1OCCCCCCCC. The van der Waals surface area contributed by atoms with Gasteiger partial charge in [0, 0.05) is 0 Å². The summed E-state index contributed by atoms with van der Waals surface area (Å²) in [7, 11) is 0. The predicted octanol–water partition coefficient (Wildman–Crippen LogP) is 8.73. The second kappa shape index (κ2) is 19.2. The normalized spacial score (nSPS) is 10.9. The Balaban J connectivity index is 2.04. The maximum absolute atomic E-state index is 5.99. The predicted molar refractivity (Wildman–Crippen MR) is 123 cm³/mol. The fourth-order valence-electron chi connectivity index (χ4n) is 3.52. The number of benzene rings is 1. The highest BCUT2D eigenvalue weighted by atomic mass is 16.5. The van der Waals surface area contributed by atoms with E-state index in [1.54, 1.807) is 0 Å². The molecule has 1 rings (SSSR count). The Labute approximate surface area is 175 Å². The van der Waals surface area contributed by atoms with E-state index >= 15 is 0 Å². The summed E-state index contributed by atoms with van der Waals surface area (Å²) in [5.74, 6) is 1.81. The van der Waals surface area contributed by atoms with Crippen LogP contribution in [0.2, 0.25) is 0 Å². The molecule has 1 aromatic carbocycles. The number of unbranched alkanes of at least 4 members (excludes halogenated alkanes) is 14. The Morgan fingerprint density at radius 3 is 1.14 bits per heavy atom. The Hall–Kier alpha value is -1.18. The van der Waals surface area contributed by atoms with E-state index < -0.39 is 0 Å². The van der Waals surface area contributed by atoms with Crippen molar-refractivity contribution < 1.29 is 9.47 Å². The van der Waals surface area contributed by atoms with E-state index in [9.17, 15) is 0 Å². The molecular formula is C26H46O2. The van der Waals surface area contributed by atoms with Crippen molar-refractivity contribution in [3.8, 4) is 11.5 Å². The molecule has 0 atom stereocenters. The molecule has 0 bridgehead atoms. The number of hydrogen-bond acceptors (Lipinski definition) is 2. The summed E-state index contributed by atoms with van der Waals surface area (Å²) in [5, 5.41) is 0. The first-order valence-corrected chi connectivity index (χ1v) is 12.2. The lowest BCUT2D eigenvalue weighted by Crippen LogP contribution is -2.02. The van der Waals surface area contributed by atoms with Gasteiger partial charge in [-0.05, 0) is 25.0 Å². The second-order valence-electron chi connectivity index (χ2n) is 8.09. The molecule has 0 saturated carbocycles. The van der Waals surface area contributed by atoms with Crippen LogP contribution < -0.4 is 9.47 Å². The van der Waals surface area contributed by atoms with Crippen molar-refractivity contribution in [1.29, 1.82) is 0 Å². The van der Waals surface area contributed by atoms with Gasteiger partial charge in [0.25, 0.3) is 0 Å². The molecule has 0 N–H and O–H groups in total. The van der Waals surface area contributed by atoms with E-state index in [0.29, 0.717) is 0 Å². The van der Waals surface area contributed by atoms with Crippen molar-refractivity contribution in [2.24, 2.45) is 0 Å². The lowest BCUT2D eigenvalue weighted by atomic mass is 10.1. The minimum absolute atomic E-state index is 0.796. The molecule has 0 unspecified atom stereocenters. The summed E-state index contributed by atoms with van der Waals surface area (Å²) in [4.78, 5) is 0. The first-order chi connectivity index (χ1) is 13.9. The van der Waals surface area contributed by atoms with Gasteiger partial charge < -0.3 is 9.47 Å². The standard InChI is InChI=1S/C26H46O2/c1-3-5-7-9-11-12-13-14-16-20-24-28-26-22-18-17-21-25(26)27-23-19-15-10-8-6-4-2/h17-18,21-22H,3-16,19-20,23-24H2,1-2H3. The van der Waals surface area contributed by atoms with Crippen LogP contribution in [0.5, 0.6) is 11.5 Å². The maximum Gasteiger partial charge on any atom is 0.161 e. The maximum atomic E-state index is 5.99. The Morgan fingerprint density at radius 2 is 0.786 bits per heavy atom. The van der Waals surface area contributed by atoms with Gasteiger partial charge in [-0.1, -0.05) is 116 Å². The molecule has 0 heterocycles. The van der Waals surface area contributed by atoms with Crippen LogP contribution in [-0.4, -0.2) is 13.2 Å². The molecule has 0 radical (unpaired) electrons. The third-order valence-electron chi connectivity index (χ3n) is 5.36. The quantitative estimate of drug-likeness (QED) is 0.207. The summed E-state index contributed by atoms with van der Waals surface area (Å²) < 4.78 is 12.0. The second-order valence-corrected chi connectivity index (χ2v) is 8.09. The monoisotopic (exact) mass is 390 g/mol. The van der Waals surface area contributed by atoms with Crippen LogP contribution in [-0.2, 0) is 0 Å². The topological polar surface area (TPSA) is 18.5 Å². The zero-order valence-electron chi connectivity index (χ0n) is 18.9. The minimum atomic E-state index is 0.796. The van der Waals surface area contributed by atoms with E-state index in [0.717, 1.165) is 37.6 Å². The van der Waals surface area contributed by atoms with Gasteiger partial charge in [0.15, 0.2) is 11.5 Å². The van der Waals surface area contributed by atoms with Gasteiger partial charge in [0.1, 0.15) is 0 Å². The van der Waals surface area contributed by atoms with Gasteiger partial charge in [-0.15, -0.1) is 0 Å². The zero-order chi connectivity index (χ0) is 20.1. The van der Waals surface area contributed by atoms with Crippen LogP contribution in [0, 0.1) is 0 Å². The molecule has 2 heteroatoms. The Bertz CT molecular complexity index is 444. The molecule has 0 amide bonds. The first kappa shape index (κ1) is 24.9. The van der Waals surface area contributed by atoms with Gasteiger partial charge in [-0.3, -0.25) is 0 Å². The summed E-state index contributed by atoms with van der Waals surface area (Å²) in [6, 6.07) is 8.13. The van der Waals surface area contributed by atoms with Crippen molar-refractivity contribution in [2.45, 2.75) is 117 Å². The molecule has 2 nitrogen and oxygen atoms in total. The molecule has 1 aromatic rings. The average Bonchev–Trinajstić information content (AvgIpc) is 2.72. The van der Waals surface area contributed by atoms with Crippen molar-refractivity contribution in [3.05, 3.63) is 24.3 Å². The van der Waals surface area contributed by atoms with Crippen LogP contribution in [0.25, 0.3) is 0 Å². The van der Waals surface area contributed by atoms with E-state index in [1.165, 1.54) is 89.9 Å². The third-order valence-corrected chi connectivity index (χ3v) is 5.36. The molecule has 28 heavy (non-hydrogen) atoms. The highest BCUT2D eigenvalue weighted by Crippen LogP contribution is 2.27. The number of ether oxygens (including phenoxy) is 2. The van der Waals surface area contributed by atoms with Crippen molar-refractivity contribution in [2.75, 3.05) is 13.2 Å². The van der Waals surface area contributed by atoms with E-state index in [2.05, 4.69) is 13.8 Å². The molecule has 0 aliphatic heterocycles. The summed E-state index contributed by atoms with van der Waals surface area (Å²) in [6.45, 7) is 6.14. The molecule has 0 spiro atoms. The summed E-state index contributed by atoms with van der Waals surface area (Å²) in [5.41, 5.74) is 0. The van der Waals surface area contributed by atoms with Crippen LogP contribution >= 0.6 is 0 Å². The van der Waals surface area contributed by atoms with Gasteiger partial charge in [0.05, 0.1) is 13.2 Å². The fourth-order valence-corrected chi connectivity index (χ4v) is 3.52. The van der Waals surface area contributed by atoms with E-state index in [-0.39, 0.29) is 0 Å². The third kappa shape index (κ3) is 13.9. The highest BCUT2D eigenvalue weighted by Gasteiger charge is 2.04. The summed E-state index contributed by atoms with van der Waals surface area (Å²) >= 11 is 0. The molecule has 162 valence electrons. The number of hydrogen-bond donors (Lipinski definition) is 0. The fraction of sp³-hybridized carbons (Fsp3) is 0.769. The number of rotatable bonds is 20. The molecule has 0 saturated heterocycles. The van der Waals surface area contributed by atoms with Crippen LogP contribution in [0.4, 0.5) is 0 Å². The van der Waals surface area contributed by atoms with Crippen molar-refractivity contribution in [3.63, 3.8) is 0 Å². The average molecular weight is 391 g/mol. The Morgan fingerprint density at radius 1 is 0.464 bits per heavy atom. The van der Waals surface area contributed by atoms with Gasteiger partial charge in [-0.25, -0.2) is 0 Å². The lowest BCUT2D eigenvalue weighted by molar-refractivity contribution is 0.258. The Kier molecular flexibility index (Phi) is 17.0. The molecule has 0 fully saturated rings. The largest absolute Gasteiger partial charge is 0.490 e. The van der Waals surface area contributed by atoms with Gasteiger partial charge in [-0.2, -0.15) is 0 Å².